The van der Waals surface area contributed by atoms with Gasteiger partial charge in [-0.3, -0.25) is 4.79 Å². The van der Waals surface area contributed by atoms with Crippen LogP contribution in [0.1, 0.15) is 52.9 Å². The third kappa shape index (κ3) is 6.68. The second-order valence-electron chi connectivity index (χ2n) is 4.92. The fraction of sp³-hybridized carbons (Fsp3) is 0.800. The number of nitrogens with one attached hydrogen (secondary N) is 1. The van der Waals surface area contributed by atoms with Crippen LogP contribution in [0.25, 0.3) is 0 Å². The first-order chi connectivity index (χ1) is 10.4. The Morgan fingerprint density at radius 3 is 1.86 bits per heavy atom. The highest BCUT2D eigenvalue weighted by molar-refractivity contribution is 7.80. The van der Waals surface area contributed by atoms with E-state index < -0.39 is 23.4 Å². The van der Waals surface area contributed by atoms with E-state index >= 15 is 0 Å². The lowest BCUT2D eigenvalue weighted by Crippen LogP contribution is -2.61. The van der Waals surface area contributed by atoms with Crippen molar-refractivity contribution in [3.05, 3.63) is 0 Å². The first-order valence-electron chi connectivity index (χ1n) is 7.68. The minimum Gasteiger partial charge on any atom is -0.464 e. The molecule has 0 aromatic carbocycles. The van der Waals surface area contributed by atoms with Crippen LogP contribution < -0.4 is 5.32 Å². The molecule has 0 aromatic heterocycles. The van der Waals surface area contributed by atoms with Crippen LogP contribution in [-0.4, -0.2) is 42.4 Å². The molecule has 0 radical (unpaired) electrons. The van der Waals surface area contributed by atoms with Gasteiger partial charge < -0.3 is 14.8 Å². The van der Waals surface area contributed by atoms with Gasteiger partial charge in [-0.2, -0.15) is 12.6 Å². The Bertz CT molecular complexity index is 355. The van der Waals surface area contributed by atoms with Gasteiger partial charge in [-0.1, -0.05) is 12.8 Å². The van der Waals surface area contributed by atoms with Crippen molar-refractivity contribution in [2.45, 2.75) is 58.4 Å². The van der Waals surface area contributed by atoms with E-state index in [0.717, 1.165) is 25.0 Å². The van der Waals surface area contributed by atoms with Crippen LogP contribution in [0.15, 0.2) is 0 Å². The summed E-state index contributed by atoms with van der Waals surface area (Å²) in [7, 11) is 0. The van der Waals surface area contributed by atoms with Crippen molar-refractivity contribution in [2.75, 3.05) is 19.0 Å². The molecule has 0 rings (SSSR count). The van der Waals surface area contributed by atoms with E-state index in [9.17, 15) is 14.4 Å². The van der Waals surface area contributed by atoms with Crippen molar-refractivity contribution in [3.8, 4) is 0 Å². The molecule has 128 valence electrons. The predicted molar refractivity (Wildman–Crippen MR) is 86.8 cm³/mol. The van der Waals surface area contributed by atoms with Gasteiger partial charge in [0, 0.05) is 6.92 Å². The molecule has 0 spiro atoms. The Hall–Kier alpha value is -1.24. The summed E-state index contributed by atoms with van der Waals surface area (Å²) in [6, 6.07) is 0. The minimum atomic E-state index is -1.75. The van der Waals surface area contributed by atoms with Gasteiger partial charge in [0.1, 0.15) is 0 Å². The van der Waals surface area contributed by atoms with Crippen LogP contribution in [0.5, 0.6) is 0 Å². The van der Waals surface area contributed by atoms with Crippen LogP contribution in [0.2, 0.25) is 0 Å². The zero-order chi connectivity index (χ0) is 17.0. The van der Waals surface area contributed by atoms with Gasteiger partial charge in [-0.05, 0) is 38.9 Å². The van der Waals surface area contributed by atoms with Crippen molar-refractivity contribution >= 4 is 30.5 Å². The van der Waals surface area contributed by atoms with Crippen LogP contribution in [0.3, 0.4) is 0 Å². The Morgan fingerprint density at radius 2 is 1.45 bits per heavy atom. The molecule has 1 amide bonds. The maximum absolute atomic E-state index is 12.3. The van der Waals surface area contributed by atoms with Crippen molar-refractivity contribution < 1.29 is 23.9 Å². The molecule has 0 saturated carbocycles. The molecule has 22 heavy (non-hydrogen) atoms. The van der Waals surface area contributed by atoms with Crippen LogP contribution >= 0.6 is 12.6 Å². The SMILES string of the molecule is CCOC(=O)C(CCCCCCS)(NC(C)=O)C(=O)OCC. The molecular formula is C15H27NO5S. The second-order valence-corrected chi connectivity index (χ2v) is 5.36. The summed E-state index contributed by atoms with van der Waals surface area (Å²) in [5.41, 5.74) is -1.75. The Balaban J connectivity index is 5.13. The summed E-state index contributed by atoms with van der Waals surface area (Å²) < 4.78 is 9.97. The predicted octanol–water partition coefficient (Wildman–Crippen LogP) is 1.87. The molecular weight excluding hydrogens is 306 g/mol. The molecule has 7 heteroatoms. The van der Waals surface area contributed by atoms with Gasteiger partial charge in [0.2, 0.25) is 11.4 Å². The van der Waals surface area contributed by atoms with Crippen molar-refractivity contribution in [1.29, 1.82) is 0 Å². The number of unbranched alkanes of at least 4 members (excludes halogenated alkanes) is 3. The number of carbonyl (C=O) groups is 3. The zero-order valence-corrected chi connectivity index (χ0v) is 14.5. The van der Waals surface area contributed by atoms with Crippen LogP contribution in [0.4, 0.5) is 0 Å². The molecule has 0 saturated heterocycles. The molecule has 1 N–H and O–H groups in total. The lowest BCUT2D eigenvalue weighted by molar-refractivity contribution is -0.168. The minimum absolute atomic E-state index is 0.124. The van der Waals surface area contributed by atoms with E-state index in [1.54, 1.807) is 13.8 Å². The number of hydrogen-bond acceptors (Lipinski definition) is 6. The normalized spacial score (nSPS) is 10.9. The number of carbonyl (C=O) groups excluding carboxylic acids is 3. The molecule has 0 aliphatic rings. The molecule has 0 aromatic rings. The van der Waals surface area contributed by atoms with Gasteiger partial charge >= 0.3 is 11.9 Å². The average Bonchev–Trinajstić information content (AvgIpc) is 2.45. The fourth-order valence-corrected chi connectivity index (χ4v) is 2.34. The van der Waals surface area contributed by atoms with E-state index in [1.807, 2.05) is 0 Å². The van der Waals surface area contributed by atoms with E-state index in [2.05, 4.69) is 17.9 Å². The van der Waals surface area contributed by atoms with E-state index in [4.69, 9.17) is 9.47 Å². The van der Waals surface area contributed by atoms with E-state index in [-0.39, 0.29) is 19.6 Å². The summed E-state index contributed by atoms with van der Waals surface area (Å²) in [6.07, 6.45) is 3.52. The largest absolute Gasteiger partial charge is 0.464 e. The van der Waals surface area contributed by atoms with E-state index in [0.29, 0.717) is 6.42 Å². The smallest absolute Gasteiger partial charge is 0.343 e. The third-order valence-electron chi connectivity index (χ3n) is 3.10. The fourth-order valence-electron chi connectivity index (χ4n) is 2.12. The van der Waals surface area contributed by atoms with Crippen molar-refractivity contribution in [2.24, 2.45) is 0 Å². The quantitative estimate of drug-likeness (QED) is 0.261. The van der Waals surface area contributed by atoms with E-state index in [1.165, 1.54) is 6.92 Å². The van der Waals surface area contributed by atoms with Gasteiger partial charge in [-0.25, -0.2) is 9.59 Å². The lowest BCUT2D eigenvalue weighted by Gasteiger charge is -2.29. The Labute approximate surface area is 137 Å². The topological polar surface area (TPSA) is 81.7 Å². The zero-order valence-electron chi connectivity index (χ0n) is 13.6. The van der Waals surface area contributed by atoms with Crippen molar-refractivity contribution in [3.63, 3.8) is 0 Å². The number of hydrogen-bond donors (Lipinski definition) is 2. The molecule has 0 aliphatic carbocycles. The molecule has 0 atom stereocenters. The second kappa shape index (κ2) is 11.3. The highest BCUT2D eigenvalue weighted by Crippen LogP contribution is 2.20. The summed E-state index contributed by atoms with van der Waals surface area (Å²) >= 11 is 4.14. The number of ether oxygens (including phenoxy) is 2. The molecule has 0 heterocycles. The first-order valence-corrected chi connectivity index (χ1v) is 8.31. The number of thiol groups is 1. The van der Waals surface area contributed by atoms with Gasteiger partial charge in [0.15, 0.2) is 0 Å². The van der Waals surface area contributed by atoms with Crippen LogP contribution in [0, 0.1) is 0 Å². The molecule has 0 fully saturated rings. The monoisotopic (exact) mass is 333 g/mol. The molecule has 0 aliphatic heterocycles. The Morgan fingerprint density at radius 1 is 0.955 bits per heavy atom. The van der Waals surface area contributed by atoms with Crippen molar-refractivity contribution in [1.82, 2.24) is 5.32 Å². The number of amides is 1. The Kier molecular flexibility index (Phi) is 10.7. The van der Waals surface area contributed by atoms with Gasteiger partial charge in [0.05, 0.1) is 13.2 Å². The van der Waals surface area contributed by atoms with Crippen LogP contribution in [-0.2, 0) is 23.9 Å². The highest BCUT2D eigenvalue weighted by atomic mass is 32.1. The van der Waals surface area contributed by atoms with Gasteiger partial charge in [-0.15, -0.1) is 0 Å². The summed E-state index contributed by atoms with van der Waals surface area (Å²) in [6.45, 7) is 4.80. The average molecular weight is 333 g/mol. The standard InChI is InChI=1S/C15H27NO5S/c1-4-20-13(18)15(16-12(3)17,14(19)21-5-2)10-8-6-7-9-11-22/h22H,4-11H2,1-3H3,(H,16,17). The molecule has 0 bridgehead atoms. The maximum atomic E-state index is 12.3. The number of esters is 2. The summed E-state index contributed by atoms with van der Waals surface area (Å²) in [4.78, 5) is 36.0. The summed E-state index contributed by atoms with van der Waals surface area (Å²) in [5.74, 6) is -1.21. The highest BCUT2D eigenvalue weighted by Gasteiger charge is 2.49. The first kappa shape index (κ1) is 20.8. The third-order valence-corrected chi connectivity index (χ3v) is 3.41. The maximum Gasteiger partial charge on any atom is 0.343 e. The number of rotatable bonds is 11. The molecule has 6 nitrogen and oxygen atoms in total. The lowest BCUT2D eigenvalue weighted by atomic mass is 9.91. The summed E-state index contributed by atoms with van der Waals surface area (Å²) in [5, 5.41) is 2.45. The van der Waals surface area contributed by atoms with Gasteiger partial charge in [0.25, 0.3) is 0 Å². The molecule has 0 unspecified atom stereocenters.